The van der Waals surface area contributed by atoms with Gasteiger partial charge in [-0.2, -0.15) is 0 Å². The standard InChI is InChI=1S/C21H38O2/c1-3-4-5-6-7-8-9-10-11-12-13-14-15-16-17-20-18-19(2)23-21(20)22/h18-19H,3-17H2,1-2H3/t19-/m0/s1. The van der Waals surface area contributed by atoms with Gasteiger partial charge in [0.05, 0.1) is 0 Å². The maximum atomic E-state index is 11.5. The number of ether oxygens (including phenoxy) is 1. The van der Waals surface area contributed by atoms with E-state index in [1.165, 1.54) is 83.5 Å². The molecule has 23 heavy (non-hydrogen) atoms. The highest BCUT2D eigenvalue weighted by Gasteiger charge is 2.20. The van der Waals surface area contributed by atoms with Gasteiger partial charge in [0.15, 0.2) is 0 Å². The van der Waals surface area contributed by atoms with Gasteiger partial charge in [-0.1, -0.05) is 90.4 Å². The van der Waals surface area contributed by atoms with E-state index in [-0.39, 0.29) is 12.1 Å². The summed E-state index contributed by atoms with van der Waals surface area (Å²) in [5.74, 6) is -0.0906. The molecule has 1 heterocycles. The Kier molecular flexibility index (Phi) is 12.0. The van der Waals surface area contributed by atoms with Gasteiger partial charge in [-0.25, -0.2) is 4.79 Å². The van der Waals surface area contributed by atoms with Crippen LogP contribution < -0.4 is 0 Å². The van der Waals surface area contributed by atoms with E-state index in [9.17, 15) is 4.79 Å². The van der Waals surface area contributed by atoms with Crippen LogP contribution in [0.5, 0.6) is 0 Å². The largest absolute Gasteiger partial charge is 0.455 e. The Labute approximate surface area is 144 Å². The van der Waals surface area contributed by atoms with Crippen LogP contribution in [0.3, 0.4) is 0 Å². The highest BCUT2D eigenvalue weighted by molar-refractivity contribution is 5.90. The Hall–Kier alpha value is -0.790. The van der Waals surface area contributed by atoms with Crippen LogP contribution >= 0.6 is 0 Å². The first kappa shape index (κ1) is 20.3. The number of carbonyl (C=O) groups is 1. The van der Waals surface area contributed by atoms with Gasteiger partial charge < -0.3 is 4.74 Å². The Bertz CT molecular complexity index is 333. The molecule has 1 aliphatic heterocycles. The van der Waals surface area contributed by atoms with E-state index in [0.29, 0.717) is 0 Å². The lowest BCUT2D eigenvalue weighted by Gasteiger charge is -2.03. The van der Waals surface area contributed by atoms with Crippen molar-refractivity contribution in [3.05, 3.63) is 11.6 Å². The van der Waals surface area contributed by atoms with E-state index < -0.39 is 0 Å². The first-order valence-corrected chi connectivity index (χ1v) is 10.2. The second-order valence-corrected chi connectivity index (χ2v) is 7.15. The Morgan fingerprint density at radius 2 is 1.22 bits per heavy atom. The van der Waals surface area contributed by atoms with Gasteiger partial charge in [0.1, 0.15) is 6.10 Å². The quantitative estimate of drug-likeness (QED) is 0.247. The van der Waals surface area contributed by atoms with Gasteiger partial charge in [0, 0.05) is 5.57 Å². The molecule has 0 N–H and O–H groups in total. The zero-order valence-corrected chi connectivity index (χ0v) is 15.6. The fourth-order valence-electron chi connectivity index (χ4n) is 3.33. The summed E-state index contributed by atoms with van der Waals surface area (Å²) in [6.45, 7) is 4.20. The third-order valence-electron chi connectivity index (χ3n) is 4.79. The summed E-state index contributed by atoms with van der Waals surface area (Å²) < 4.78 is 5.11. The third kappa shape index (κ3) is 10.6. The highest BCUT2D eigenvalue weighted by Crippen LogP contribution is 2.20. The SMILES string of the molecule is CCCCCCCCCCCCCCCCC1=C[C@H](C)OC1=O. The smallest absolute Gasteiger partial charge is 0.334 e. The van der Waals surface area contributed by atoms with Crippen LogP contribution in [0.25, 0.3) is 0 Å². The third-order valence-corrected chi connectivity index (χ3v) is 4.79. The summed E-state index contributed by atoms with van der Waals surface area (Å²) in [5.41, 5.74) is 0.899. The van der Waals surface area contributed by atoms with E-state index >= 15 is 0 Å². The molecule has 0 spiro atoms. The molecule has 1 atom stereocenters. The molecule has 0 aromatic carbocycles. The van der Waals surface area contributed by atoms with Crippen molar-refractivity contribution in [2.75, 3.05) is 0 Å². The molecule has 1 rings (SSSR count). The summed E-state index contributed by atoms with van der Waals surface area (Å²) >= 11 is 0. The van der Waals surface area contributed by atoms with Crippen LogP contribution in [0.4, 0.5) is 0 Å². The normalized spacial score (nSPS) is 17.4. The van der Waals surface area contributed by atoms with Crippen LogP contribution in [-0.4, -0.2) is 12.1 Å². The topological polar surface area (TPSA) is 26.3 Å². The minimum atomic E-state index is -0.0906. The molecule has 0 amide bonds. The maximum Gasteiger partial charge on any atom is 0.334 e. The molecule has 0 aliphatic carbocycles. The van der Waals surface area contributed by atoms with Gasteiger partial charge in [-0.3, -0.25) is 0 Å². The minimum absolute atomic E-state index is 0.0101. The zero-order chi connectivity index (χ0) is 16.8. The molecule has 1 aliphatic rings. The van der Waals surface area contributed by atoms with Crippen molar-refractivity contribution in [2.24, 2.45) is 0 Å². The van der Waals surface area contributed by atoms with E-state index in [1.54, 1.807) is 0 Å². The van der Waals surface area contributed by atoms with Crippen LogP contribution in [-0.2, 0) is 9.53 Å². The van der Waals surface area contributed by atoms with Gasteiger partial charge in [-0.15, -0.1) is 0 Å². The lowest BCUT2D eigenvalue weighted by Crippen LogP contribution is -2.03. The fraction of sp³-hybridized carbons (Fsp3) is 0.857. The minimum Gasteiger partial charge on any atom is -0.455 e. The predicted molar refractivity (Wildman–Crippen MR) is 98.6 cm³/mol. The summed E-state index contributed by atoms with van der Waals surface area (Å²) in [5, 5.41) is 0. The second-order valence-electron chi connectivity index (χ2n) is 7.15. The average molecular weight is 323 g/mol. The van der Waals surface area contributed by atoms with Crippen LogP contribution in [0.1, 0.15) is 110 Å². The number of rotatable bonds is 15. The molecule has 0 fully saturated rings. The molecule has 0 unspecified atom stereocenters. The lowest BCUT2D eigenvalue weighted by atomic mass is 10.0. The van der Waals surface area contributed by atoms with E-state index in [0.717, 1.165) is 18.4 Å². The number of hydrogen-bond acceptors (Lipinski definition) is 2. The van der Waals surface area contributed by atoms with Gasteiger partial charge in [0.2, 0.25) is 0 Å². The summed E-state index contributed by atoms with van der Waals surface area (Å²) in [7, 11) is 0. The number of hydrogen-bond donors (Lipinski definition) is 0. The molecular weight excluding hydrogens is 284 g/mol. The molecule has 0 radical (unpaired) electrons. The van der Waals surface area contributed by atoms with Crippen LogP contribution in [0.15, 0.2) is 11.6 Å². The molecule has 0 saturated carbocycles. The molecular formula is C21H38O2. The first-order chi connectivity index (χ1) is 11.2. The Balaban J connectivity index is 1.77. The summed E-state index contributed by atoms with van der Waals surface area (Å²) in [4.78, 5) is 11.5. The van der Waals surface area contributed by atoms with Crippen molar-refractivity contribution in [1.29, 1.82) is 0 Å². The molecule has 2 nitrogen and oxygen atoms in total. The van der Waals surface area contributed by atoms with Crippen LogP contribution in [0, 0.1) is 0 Å². The molecule has 2 heteroatoms. The molecule has 0 aromatic heterocycles. The van der Waals surface area contributed by atoms with Crippen molar-refractivity contribution in [3.63, 3.8) is 0 Å². The molecule has 0 aromatic rings. The predicted octanol–water partition coefficient (Wildman–Crippen LogP) is 6.73. The Morgan fingerprint density at radius 1 is 0.783 bits per heavy atom. The maximum absolute atomic E-state index is 11.5. The molecule has 134 valence electrons. The van der Waals surface area contributed by atoms with Crippen molar-refractivity contribution in [3.8, 4) is 0 Å². The monoisotopic (exact) mass is 322 g/mol. The van der Waals surface area contributed by atoms with Crippen LogP contribution in [0.2, 0.25) is 0 Å². The van der Waals surface area contributed by atoms with E-state index in [1.807, 2.05) is 13.0 Å². The summed E-state index contributed by atoms with van der Waals surface area (Å²) in [6, 6.07) is 0. The number of cyclic esters (lactones) is 1. The molecule has 0 bridgehead atoms. The lowest BCUT2D eigenvalue weighted by molar-refractivity contribution is -0.139. The summed E-state index contributed by atoms with van der Waals surface area (Å²) in [6.07, 6.45) is 22.1. The number of carbonyl (C=O) groups excluding carboxylic acids is 1. The Morgan fingerprint density at radius 3 is 1.61 bits per heavy atom. The van der Waals surface area contributed by atoms with Gasteiger partial charge >= 0.3 is 5.97 Å². The zero-order valence-electron chi connectivity index (χ0n) is 15.6. The van der Waals surface area contributed by atoms with Crippen molar-refractivity contribution in [2.45, 2.75) is 116 Å². The van der Waals surface area contributed by atoms with Crippen molar-refractivity contribution >= 4 is 5.97 Å². The van der Waals surface area contributed by atoms with Crippen molar-refractivity contribution < 1.29 is 9.53 Å². The van der Waals surface area contributed by atoms with Crippen molar-refractivity contribution in [1.82, 2.24) is 0 Å². The van der Waals surface area contributed by atoms with Gasteiger partial charge in [0.25, 0.3) is 0 Å². The second kappa shape index (κ2) is 13.6. The first-order valence-electron chi connectivity index (χ1n) is 10.2. The molecule has 0 saturated heterocycles. The number of unbranched alkanes of at least 4 members (excludes halogenated alkanes) is 13. The number of esters is 1. The highest BCUT2D eigenvalue weighted by atomic mass is 16.5. The van der Waals surface area contributed by atoms with Gasteiger partial charge in [-0.05, 0) is 25.8 Å². The van der Waals surface area contributed by atoms with E-state index in [2.05, 4.69) is 6.92 Å². The van der Waals surface area contributed by atoms with E-state index in [4.69, 9.17) is 4.74 Å². The fourth-order valence-corrected chi connectivity index (χ4v) is 3.33. The average Bonchev–Trinajstić information content (AvgIpc) is 2.85.